The van der Waals surface area contributed by atoms with Gasteiger partial charge in [0.15, 0.2) is 0 Å². The first-order valence-corrected chi connectivity index (χ1v) is 7.57. The van der Waals surface area contributed by atoms with Crippen LogP contribution in [-0.4, -0.2) is 26.9 Å². The Bertz CT molecular complexity index is 769. The lowest BCUT2D eigenvalue weighted by Crippen LogP contribution is -2.21. The number of amides is 1. The maximum atomic E-state index is 11.8. The number of anilines is 1. The average molecular weight is 316 g/mol. The normalized spacial score (nSPS) is 10.3. The molecule has 1 N–H and O–H groups in total. The van der Waals surface area contributed by atoms with Gasteiger partial charge in [0.25, 0.3) is 11.7 Å². The first kappa shape index (κ1) is 13.5. The van der Waals surface area contributed by atoms with E-state index in [1.807, 2.05) is 0 Å². The third kappa shape index (κ3) is 3.01. The molecule has 0 saturated heterocycles. The highest BCUT2D eigenvalue weighted by Crippen LogP contribution is 2.25. The van der Waals surface area contributed by atoms with E-state index in [9.17, 15) is 9.59 Å². The Morgan fingerprint density at radius 1 is 1.10 bits per heavy atom. The quantitative estimate of drug-likeness (QED) is 0.590. The smallest absolute Gasteiger partial charge is 0.293 e. The van der Waals surface area contributed by atoms with E-state index < -0.39 is 11.7 Å². The summed E-state index contributed by atoms with van der Waals surface area (Å²) in [4.78, 5) is 28.0. The molecule has 0 fully saturated rings. The second-order valence-corrected chi connectivity index (χ2v) is 5.83. The second kappa shape index (κ2) is 5.90. The van der Waals surface area contributed by atoms with Crippen molar-refractivity contribution in [2.75, 3.05) is 5.32 Å². The zero-order valence-corrected chi connectivity index (χ0v) is 12.1. The lowest BCUT2D eigenvalue weighted by Gasteiger charge is -1.97. The molecule has 6 nitrogen and oxygen atoms in total. The summed E-state index contributed by atoms with van der Waals surface area (Å²) < 4.78 is 0. The zero-order chi connectivity index (χ0) is 14.7. The first-order chi connectivity index (χ1) is 10.2. The molecule has 0 atom stereocenters. The molecule has 0 unspecified atom stereocenters. The van der Waals surface area contributed by atoms with E-state index in [-0.39, 0.29) is 5.13 Å². The predicted molar refractivity (Wildman–Crippen MR) is 80.4 cm³/mol. The van der Waals surface area contributed by atoms with Gasteiger partial charge in [0.05, 0.1) is 4.88 Å². The van der Waals surface area contributed by atoms with Crippen LogP contribution in [0.3, 0.4) is 0 Å². The number of rotatable bonds is 4. The van der Waals surface area contributed by atoms with Gasteiger partial charge in [-0.15, -0.1) is 21.5 Å². The fourth-order valence-electron chi connectivity index (χ4n) is 1.56. The molecular formula is C13H8N4O2S2. The van der Waals surface area contributed by atoms with Gasteiger partial charge >= 0.3 is 0 Å². The van der Waals surface area contributed by atoms with Crippen LogP contribution in [0.4, 0.5) is 5.13 Å². The molecule has 3 rings (SSSR count). The summed E-state index contributed by atoms with van der Waals surface area (Å²) in [6, 6.07) is 6.92. The number of hydrogen-bond acceptors (Lipinski definition) is 7. The number of nitrogens with zero attached hydrogens (tertiary/aromatic N) is 3. The van der Waals surface area contributed by atoms with Crippen LogP contribution in [0, 0.1) is 0 Å². The van der Waals surface area contributed by atoms with Crippen molar-refractivity contribution in [2.45, 2.75) is 0 Å². The second-order valence-electron chi connectivity index (χ2n) is 3.91. The summed E-state index contributed by atoms with van der Waals surface area (Å²) in [6.45, 7) is 0. The number of ketones is 1. The van der Waals surface area contributed by atoms with Crippen LogP contribution in [-0.2, 0) is 4.79 Å². The number of hydrogen-bond donors (Lipinski definition) is 1. The summed E-state index contributed by atoms with van der Waals surface area (Å²) in [5.41, 5.74) is 0.854. The van der Waals surface area contributed by atoms with E-state index >= 15 is 0 Å². The van der Waals surface area contributed by atoms with E-state index in [0.717, 1.165) is 5.56 Å². The highest BCUT2D eigenvalue weighted by atomic mass is 32.1. The standard InChI is InChI=1S/C13H8N4O2S2/c18-10(9-2-1-7-20-9)11(19)15-13-17-16-12(21-13)8-3-5-14-6-4-8/h1-7H,(H,15,17,19). The summed E-state index contributed by atoms with van der Waals surface area (Å²) in [5, 5.41) is 13.0. The highest BCUT2D eigenvalue weighted by Gasteiger charge is 2.19. The SMILES string of the molecule is O=C(Nc1nnc(-c2ccncc2)s1)C(=O)c1cccs1. The van der Waals surface area contributed by atoms with Crippen LogP contribution in [0.1, 0.15) is 9.67 Å². The molecule has 0 saturated carbocycles. The van der Waals surface area contributed by atoms with Crippen LogP contribution < -0.4 is 5.32 Å². The molecule has 0 aliphatic rings. The Kier molecular flexibility index (Phi) is 3.80. The number of nitrogens with one attached hydrogen (secondary N) is 1. The Balaban J connectivity index is 1.73. The lowest BCUT2D eigenvalue weighted by atomic mass is 10.3. The topological polar surface area (TPSA) is 84.8 Å². The molecule has 0 bridgehead atoms. The number of carbonyl (C=O) groups excluding carboxylic acids is 2. The minimum Gasteiger partial charge on any atom is -0.293 e. The van der Waals surface area contributed by atoms with Gasteiger partial charge < -0.3 is 0 Å². The first-order valence-electron chi connectivity index (χ1n) is 5.87. The fraction of sp³-hybridized carbons (Fsp3) is 0. The largest absolute Gasteiger partial charge is 0.299 e. The molecule has 3 heterocycles. The third-order valence-electron chi connectivity index (χ3n) is 2.52. The van der Waals surface area contributed by atoms with Crippen molar-refractivity contribution in [1.29, 1.82) is 0 Å². The highest BCUT2D eigenvalue weighted by molar-refractivity contribution is 7.18. The van der Waals surface area contributed by atoms with Crippen LogP contribution in [0.25, 0.3) is 10.6 Å². The van der Waals surface area contributed by atoms with Gasteiger partial charge in [-0.2, -0.15) is 0 Å². The van der Waals surface area contributed by atoms with E-state index in [4.69, 9.17) is 0 Å². The minimum atomic E-state index is -0.713. The van der Waals surface area contributed by atoms with Crippen molar-refractivity contribution in [3.8, 4) is 10.6 Å². The number of Topliss-reactive ketones (excluding diaryl/α,β-unsaturated/α-hetero) is 1. The Hall–Kier alpha value is -2.45. The van der Waals surface area contributed by atoms with Crippen LogP contribution in [0.5, 0.6) is 0 Å². The van der Waals surface area contributed by atoms with Crippen LogP contribution in [0.15, 0.2) is 42.0 Å². The molecule has 0 radical (unpaired) electrons. The number of pyridine rings is 1. The fourth-order valence-corrected chi connectivity index (χ4v) is 2.96. The monoisotopic (exact) mass is 316 g/mol. The Morgan fingerprint density at radius 2 is 1.90 bits per heavy atom. The average Bonchev–Trinajstić information content (AvgIpc) is 3.19. The number of thiophene rings is 1. The number of carbonyl (C=O) groups is 2. The van der Waals surface area contributed by atoms with E-state index in [1.165, 1.54) is 22.7 Å². The van der Waals surface area contributed by atoms with E-state index in [1.54, 1.807) is 42.0 Å². The molecular weight excluding hydrogens is 308 g/mol. The van der Waals surface area contributed by atoms with Crippen molar-refractivity contribution in [3.05, 3.63) is 46.9 Å². The van der Waals surface area contributed by atoms with Crippen molar-refractivity contribution < 1.29 is 9.59 Å². The molecule has 0 aromatic carbocycles. The van der Waals surface area contributed by atoms with Gasteiger partial charge in [0.2, 0.25) is 5.13 Å². The van der Waals surface area contributed by atoms with Gasteiger partial charge in [-0.3, -0.25) is 19.9 Å². The van der Waals surface area contributed by atoms with Crippen molar-refractivity contribution in [2.24, 2.45) is 0 Å². The molecule has 0 aliphatic carbocycles. The molecule has 0 aliphatic heterocycles. The Labute approximate surface area is 127 Å². The van der Waals surface area contributed by atoms with Gasteiger partial charge in [-0.05, 0) is 23.6 Å². The summed E-state index contributed by atoms with van der Waals surface area (Å²) in [5.74, 6) is -1.29. The predicted octanol–water partition coefficient (Wildman–Crippen LogP) is 2.48. The van der Waals surface area contributed by atoms with Gasteiger partial charge in [-0.1, -0.05) is 17.4 Å². The van der Waals surface area contributed by atoms with Gasteiger partial charge in [0.1, 0.15) is 5.01 Å². The van der Waals surface area contributed by atoms with Crippen molar-refractivity contribution in [3.63, 3.8) is 0 Å². The maximum absolute atomic E-state index is 11.8. The molecule has 8 heteroatoms. The molecule has 21 heavy (non-hydrogen) atoms. The van der Waals surface area contributed by atoms with Gasteiger partial charge in [-0.25, -0.2) is 0 Å². The third-order valence-corrected chi connectivity index (χ3v) is 4.28. The summed E-state index contributed by atoms with van der Waals surface area (Å²) in [6.07, 6.45) is 3.30. The lowest BCUT2D eigenvalue weighted by molar-refractivity contribution is -0.112. The zero-order valence-electron chi connectivity index (χ0n) is 10.5. The minimum absolute atomic E-state index is 0.289. The molecule has 104 valence electrons. The molecule has 0 spiro atoms. The van der Waals surface area contributed by atoms with Crippen molar-refractivity contribution in [1.82, 2.24) is 15.2 Å². The molecule has 3 aromatic rings. The van der Waals surface area contributed by atoms with Crippen molar-refractivity contribution >= 4 is 39.5 Å². The van der Waals surface area contributed by atoms with Gasteiger partial charge in [0, 0.05) is 18.0 Å². The maximum Gasteiger partial charge on any atom is 0.299 e. The molecule has 3 aromatic heterocycles. The summed E-state index contributed by atoms with van der Waals surface area (Å²) in [7, 11) is 0. The van der Waals surface area contributed by atoms with Crippen LogP contribution >= 0.6 is 22.7 Å². The van der Waals surface area contributed by atoms with E-state index in [2.05, 4.69) is 20.5 Å². The van der Waals surface area contributed by atoms with Crippen LogP contribution in [0.2, 0.25) is 0 Å². The number of aromatic nitrogens is 3. The summed E-state index contributed by atoms with van der Waals surface area (Å²) >= 11 is 2.42. The van der Waals surface area contributed by atoms with E-state index in [0.29, 0.717) is 9.88 Å². The Morgan fingerprint density at radius 3 is 2.62 bits per heavy atom. The molecule has 1 amide bonds.